The Morgan fingerprint density at radius 2 is 2.25 bits per heavy atom. The number of hydrogen-bond donors (Lipinski definition) is 3. The molecule has 0 aliphatic rings. The first-order chi connectivity index (χ1) is 7.68. The van der Waals surface area contributed by atoms with E-state index in [0.717, 1.165) is 5.69 Å². The van der Waals surface area contributed by atoms with Crippen molar-refractivity contribution in [3.8, 4) is 0 Å². The van der Waals surface area contributed by atoms with Crippen molar-refractivity contribution in [2.75, 3.05) is 6.54 Å². The molecule has 16 heavy (non-hydrogen) atoms. The Morgan fingerprint density at radius 1 is 1.44 bits per heavy atom. The Balaban J connectivity index is 2.04. The second-order valence-corrected chi connectivity index (χ2v) is 3.41. The zero-order chi connectivity index (χ0) is 11.8. The second kappa shape index (κ2) is 6.60. The van der Waals surface area contributed by atoms with Gasteiger partial charge in [0.1, 0.15) is 0 Å². The van der Waals surface area contributed by atoms with Gasteiger partial charge >= 0.3 is 5.97 Å². The maximum atomic E-state index is 11.2. The molecule has 0 radical (unpaired) electrons. The minimum atomic E-state index is -0.871. The van der Waals surface area contributed by atoms with Gasteiger partial charge in [-0.2, -0.15) is 0 Å². The lowest BCUT2D eigenvalue weighted by molar-refractivity contribution is -0.137. The summed E-state index contributed by atoms with van der Waals surface area (Å²) >= 11 is 0. The highest BCUT2D eigenvalue weighted by molar-refractivity contribution is 5.76. The van der Waals surface area contributed by atoms with Gasteiger partial charge in [0.25, 0.3) is 0 Å². The van der Waals surface area contributed by atoms with Crippen LogP contribution in [-0.4, -0.2) is 33.5 Å². The zero-order valence-corrected chi connectivity index (χ0v) is 8.90. The maximum Gasteiger partial charge on any atom is 0.303 e. The van der Waals surface area contributed by atoms with Crippen molar-refractivity contribution in [3.05, 3.63) is 18.2 Å². The largest absolute Gasteiger partial charge is 0.481 e. The number of carboxylic acids is 1. The van der Waals surface area contributed by atoms with Crippen LogP contribution in [0.15, 0.2) is 12.5 Å². The third-order valence-corrected chi connectivity index (χ3v) is 2.05. The van der Waals surface area contributed by atoms with E-state index < -0.39 is 5.97 Å². The fourth-order valence-corrected chi connectivity index (χ4v) is 1.25. The third kappa shape index (κ3) is 5.14. The number of imidazole rings is 1. The van der Waals surface area contributed by atoms with Crippen molar-refractivity contribution in [1.29, 1.82) is 0 Å². The average Bonchev–Trinajstić information content (AvgIpc) is 2.70. The lowest BCUT2D eigenvalue weighted by Crippen LogP contribution is -2.25. The first-order valence-corrected chi connectivity index (χ1v) is 5.14. The van der Waals surface area contributed by atoms with Gasteiger partial charge in [0, 0.05) is 32.0 Å². The van der Waals surface area contributed by atoms with Crippen molar-refractivity contribution in [1.82, 2.24) is 15.3 Å². The molecule has 3 N–H and O–H groups in total. The summed E-state index contributed by atoms with van der Waals surface area (Å²) in [4.78, 5) is 28.3. The molecule has 0 bridgehead atoms. The number of rotatable bonds is 7. The SMILES string of the molecule is O=C(O)CCCC(=O)NCCc1c[nH]cn1. The number of aliphatic carboxylic acids is 1. The Kier molecular flexibility index (Phi) is 5.04. The number of aromatic nitrogens is 2. The van der Waals surface area contributed by atoms with Crippen LogP contribution in [-0.2, 0) is 16.0 Å². The molecule has 6 nitrogen and oxygen atoms in total. The minimum Gasteiger partial charge on any atom is -0.481 e. The van der Waals surface area contributed by atoms with E-state index in [1.54, 1.807) is 12.5 Å². The van der Waals surface area contributed by atoms with Crippen LogP contribution in [0.25, 0.3) is 0 Å². The van der Waals surface area contributed by atoms with Gasteiger partial charge in [-0.1, -0.05) is 0 Å². The van der Waals surface area contributed by atoms with E-state index >= 15 is 0 Å². The molecule has 1 amide bonds. The molecule has 6 heteroatoms. The van der Waals surface area contributed by atoms with E-state index in [9.17, 15) is 9.59 Å². The molecule has 1 rings (SSSR count). The monoisotopic (exact) mass is 225 g/mol. The number of nitrogens with one attached hydrogen (secondary N) is 2. The van der Waals surface area contributed by atoms with E-state index in [4.69, 9.17) is 5.11 Å². The van der Waals surface area contributed by atoms with Gasteiger partial charge in [-0.3, -0.25) is 9.59 Å². The molecular formula is C10H15N3O3. The molecule has 88 valence electrons. The van der Waals surface area contributed by atoms with Crippen LogP contribution in [0, 0.1) is 0 Å². The number of carbonyl (C=O) groups excluding carboxylic acids is 1. The highest BCUT2D eigenvalue weighted by Gasteiger charge is 2.03. The summed E-state index contributed by atoms with van der Waals surface area (Å²) in [5, 5.41) is 11.1. The summed E-state index contributed by atoms with van der Waals surface area (Å²) in [5.41, 5.74) is 0.894. The summed E-state index contributed by atoms with van der Waals surface area (Å²) < 4.78 is 0. The van der Waals surface area contributed by atoms with Crippen LogP contribution >= 0.6 is 0 Å². The van der Waals surface area contributed by atoms with Crippen LogP contribution in [0.2, 0.25) is 0 Å². The Bertz CT molecular complexity index is 335. The summed E-state index contributed by atoms with van der Waals surface area (Å²) in [6.07, 6.45) is 4.71. The van der Waals surface area contributed by atoms with E-state index in [2.05, 4.69) is 15.3 Å². The first-order valence-electron chi connectivity index (χ1n) is 5.14. The molecule has 0 fully saturated rings. The minimum absolute atomic E-state index is 0.0345. The van der Waals surface area contributed by atoms with Gasteiger partial charge in [0.2, 0.25) is 5.91 Å². The Hall–Kier alpha value is -1.85. The Labute approximate surface area is 93.1 Å². The van der Waals surface area contributed by atoms with E-state index in [1.807, 2.05) is 0 Å². The topological polar surface area (TPSA) is 95.1 Å². The maximum absolute atomic E-state index is 11.2. The molecule has 0 unspecified atom stereocenters. The van der Waals surface area contributed by atoms with Gasteiger partial charge in [-0.05, 0) is 6.42 Å². The number of carboxylic acid groups (broad SMARTS) is 1. The summed E-state index contributed by atoms with van der Waals surface area (Å²) in [6.45, 7) is 0.525. The van der Waals surface area contributed by atoms with Crippen LogP contribution in [0.4, 0.5) is 0 Å². The van der Waals surface area contributed by atoms with Crippen molar-refractivity contribution in [3.63, 3.8) is 0 Å². The lowest BCUT2D eigenvalue weighted by Gasteiger charge is -2.02. The molecule has 0 spiro atoms. The van der Waals surface area contributed by atoms with Crippen LogP contribution < -0.4 is 5.32 Å². The van der Waals surface area contributed by atoms with E-state index in [0.29, 0.717) is 19.4 Å². The second-order valence-electron chi connectivity index (χ2n) is 3.41. The van der Waals surface area contributed by atoms with Gasteiger partial charge < -0.3 is 15.4 Å². The van der Waals surface area contributed by atoms with Crippen LogP contribution in [0.3, 0.4) is 0 Å². The number of carbonyl (C=O) groups is 2. The first kappa shape index (κ1) is 12.2. The van der Waals surface area contributed by atoms with Gasteiger partial charge in [-0.15, -0.1) is 0 Å². The van der Waals surface area contributed by atoms with Gasteiger partial charge in [-0.25, -0.2) is 4.98 Å². The predicted octanol–water partition coefficient (Wildman–Crippen LogP) is 0.323. The van der Waals surface area contributed by atoms with Crippen molar-refractivity contribution in [2.24, 2.45) is 0 Å². The van der Waals surface area contributed by atoms with Crippen LogP contribution in [0.1, 0.15) is 25.0 Å². The van der Waals surface area contributed by atoms with Crippen LogP contribution in [0.5, 0.6) is 0 Å². The molecule has 1 heterocycles. The molecule has 0 saturated heterocycles. The average molecular weight is 225 g/mol. The normalized spacial score (nSPS) is 10.0. The quantitative estimate of drug-likeness (QED) is 0.623. The molecule has 0 aliphatic heterocycles. The highest BCUT2D eigenvalue weighted by Crippen LogP contribution is 1.95. The fourth-order valence-electron chi connectivity index (χ4n) is 1.25. The number of nitrogens with zero attached hydrogens (tertiary/aromatic N) is 1. The lowest BCUT2D eigenvalue weighted by atomic mass is 10.2. The summed E-state index contributed by atoms with van der Waals surface area (Å²) in [6, 6.07) is 0. The van der Waals surface area contributed by atoms with E-state index in [-0.39, 0.29) is 18.7 Å². The molecule has 0 aliphatic carbocycles. The molecule has 0 atom stereocenters. The predicted molar refractivity (Wildman–Crippen MR) is 56.8 cm³/mol. The summed E-state index contributed by atoms with van der Waals surface area (Å²) in [5.74, 6) is -0.985. The number of aromatic amines is 1. The third-order valence-electron chi connectivity index (χ3n) is 2.05. The van der Waals surface area contributed by atoms with E-state index in [1.165, 1.54) is 0 Å². The number of hydrogen-bond acceptors (Lipinski definition) is 3. The molecule has 0 saturated carbocycles. The number of H-pyrrole nitrogens is 1. The zero-order valence-electron chi connectivity index (χ0n) is 8.90. The molecular weight excluding hydrogens is 210 g/mol. The van der Waals surface area contributed by atoms with Crippen molar-refractivity contribution < 1.29 is 14.7 Å². The van der Waals surface area contributed by atoms with Crippen molar-refractivity contribution in [2.45, 2.75) is 25.7 Å². The smallest absolute Gasteiger partial charge is 0.303 e. The standard InChI is InChI=1S/C10H15N3O3/c14-9(2-1-3-10(15)16)12-5-4-8-6-11-7-13-8/h6-7H,1-5H2,(H,11,13)(H,12,14)(H,15,16). The molecule has 0 aromatic carbocycles. The fraction of sp³-hybridized carbons (Fsp3) is 0.500. The highest BCUT2D eigenvalue weighted by atomic mass is 16.4. The van der Waals surface area contributed by atoms with Gasteiger partial charge in [0.05, 0.1) is 12.0 Å². The van der Waals surface area contributed by atoms with Crippen molar-refractivity contribution >= 4 is 11.9 Å². The van der Waals surface area contributed by atoms with Gasteiger partial charge in [0.15, 0.2) is 0 Å². The molecule has 1 aromatic heterocycles. The Morgan fingerprint density at radius 3 is 2.88 bits per heavy atom. The summed E-state index contributed by atoms with van der Waals surface area (Å²) in [7, 11) is 0. The molecule has 1 aromatic rings. The number of amides is 1.